The first-order valence-electron chi connectivity index (χ1n) is 6.42. The third-order valence-electron chi connectivity index (χ3n) is 3.09. The monoisotopic (exact) mass is 239 g/mol. The van der Waals surface area contributed by atoms with Crippen molar-refractivity contribution < 1.29 is 9.26 Å². The fourth-order valence-electron chi connectivity index (χ4n) is 2.23. The quantitative estimate of drug-likeness (QED) is 0.849. The lowest BCUT2D eigenvalue weighted by Crippen LogP contribution is -2.38. The Bertz CT molecular complexity index is 338. The van der Waals surface area contributed by atoms with Crippen LogP contribution in [-0.4, -0.2) is 28.9 Å². The van der Waals surface area contributed by atoms with Crippen molar-refractivity contribution in [3.63, 3.8) is 0 Å². The van der Waals surface area contributed by atoms with Gasteiger partial charge in [0.1, 0.15) is 0 Å². The zero-order valence-corrected chi connectivity index (χ0v) is 10.6. The lowest BCUT2D eigenvalue weighted by molar-refractivity contribution is -0.00381. The molecule has 1 aliphatic rings. The lowest BCUT2D eigenvalue weighted by atomic mass is 10.0. The normalized spacial score (nSPS) is 25.1. The molecule has 1 saturated heterocycles. The molecule has 0 bridgehead atoms. The van der Waals surface area contributed by atoms with Crippen molar-refractivity contribution in [3.8, 4) is 0 Å². The Balaban J connectivity index is 1.75. The molecular weight excluding hydrogens is 218 g/mol. The molecule has 1 aliphatic heterocycles. The van der Waals surface area contributed by atoms with Crippen LogP contribution >= 0.6 is 0 Å². The van der Waals surface area contributed by atoms with Crippen molar-refractivity contribution in [3.05, 3.63) is 11.7 Å². The molecule has 2 rings (SSSR count). The zero-order valence-electron chi connectivity index (χ0n) is 10.6. The van der Waals surface area contributed by atoms with Crippen LogP contribution in [0.3, 0.4) is 0 Å². The van der Waals surface area contributed by atoms with Crippen molar-refractivity contribution in [1.82, 2.24) is 15.5 Å². The molecule has 2 heterocycles. The highest BCUT2D eigenvalue weighted by atomic mass is 16.5. The minimum absolute atomic E-state index is 0.413. The van der Waals surface area contributed by atoms with Crippen LogP contribution in [-0.2, 0) is 11.3 Å². The summed E-state index contributed by atoms with van der Waals surface area (Å²) in [6, 6.07) is 0.507. The minimum atomic E-state index is 0.413. The molecule has 0 spiro atoms. The first-order chi connectivity index (χ1) is 8.28. The molecule has 0 aliphatic carbocycles. The summed E-state index contributed by atoms with van der Waals surface area (Å²) in [5.74, 6) is 1.36. The molecule has 0 saturated carbocycles. The molecular formula is C12H21N3O2. The number of aryl methyl sites for hydroxylation is 1. The molecule has 1 aromatic rings. The van der Waals surface area contributed by atoms with Crippen LogP contribution in [0.2, 0.25) is 0 Å². The van der Waals surface area contributed by atoms with E-state index in [1.165, 1.54) is 6.42 Å². The van der Waals surface area contributed by atoms with Gasteiger partial charge in [0, 0.05) is 12.6 Å². The van der Waals surface area contributed by atoms with E-state index in [1.807, 2.05) is 6.92 Å². The summed E-state index contributed by atoms with van der Waals surface area (Å²) < 4.78 is 10.8. The Labute approximate surface area is 102 Å². The number of nitrogens with zero attached hydrogens (tertiary/aromatic N) is 2. The number of nitrogens with one attached hydrogen (secondary N) is 1. The summed E-state index contributed by atoms with van der Waals surface area (Å²) in [5.41, 5.74) is 0. The number of rotatable bonds is 5. The van der Waals surface area contributed by atoms with Crippen molar-refractivity contribution in [2.24, 2.45) is 0 Å². The van der Waals surface area contributed by atoms with Gasteiger partial charge in [-0.05, 0) is 26.2 Å². The van der Waals surface area contributed by atoms with Gasteiger partial charge in [0.25, 0.3) is 0 Å². The van der Waals surface area contributed by atoms with Crippen LogP contribution in [0.5, 0.6) is 0 Å². The maximum absolute atomic E-state index is 5.71. The van der Waals surface area contributed by atoms with Crippen molar-refractivity contribution in [1.29, 1.82) is 0 Å². The molecule has 96 valence electrons. The first kappa shape index (κ1) is 12.5. The van der Waals surface area contributed by atoms with E-state index in [4.69, 9.17) is 9.26 Å². The third-order valence-corrected chi connectivity index (χ3v) is 3.09. The molecule has 1 aromatic heterocycles. The highest BCUT2D eigenvalue weighted by molar-refractivity contribution is 4.84. The highest BCUT2D eigenvalue weighted by Crippen LogP contribution is 2.18. The largest absolute Gasteiger partial charge is 0.378 e. The van der Waals surface area contributed by atoms with Crippen molar-refractivity contribution in [2.45, 2.75) is 58.2 Å². The summed E-state index contributed by atoms with van der Waals surface area (Å²) in [6.45, 7) is 5.54. The van der Waals surface area contributed by atoms with Gasteiger partial charge in [0.05, 0.1) is 12.6 Å². The average Bonchev–Trinajstić information content (AvgIpc) is 2.74. The van der Waals surface area contributed by atoms with E-state index >= 15 is 0 Å². The van der Waals surface area contributed by atoms with E-state index in [1.54, 1.807) is 0 Å². The van der Waals surface area contributed by atoms with Gasteiger partial charge in [0.15, 0.2) is 5.82 Å². The third kappa shape index (κ3) is 3.78. The van der Waals surface area contributed by atoms with Gasteiger partial charge in [0.2, 0.25) is 5.89 Å². The fourth-order valence-corrected chi connectivity index (χ4v) is 2.23. The number of hydrogen-bond donors (Lipinski definition) is 1. The van der Waals surface area contributed by atoms with E-state index in [9.17, 15) is 0 Å². The van der Waals surface area contributed by atoms with E-state index in [0.717, 1.165) is 25.9 Å². The van der Waals surface area contributed by atoms with Crippen LogP contribution in [0.25, 0.3) is 0 Å². The van der Waals surface area contributed by atoms with Gasteiger partial charge in [-0.15, -0.1) is 0 Å². The molecule has 2 atom stereocenters. The summed E-state index contributed by atoms with van der Waals surface area (Å²) in [5, 5.41) is 7.24. The smallest absolute Gasteiger partial charge is 0.240 e. The average molecular weight is 239 g/mol. The van der Waals surface area contributed by atoms with Gasteiger partial charge < -0.3 is 14.6 Å². The first-order valence-corrected chi connectivity index (χ1v) is 6.42. The van der Waals surface area contributed by atoms with Gasteiger partial charge in [-0.2, -0.15) is 4.98 Å². The molecule has 5 heteroatoms. The minimum Gasteiger partial charge on any atom is -0.378 e. The van der Waals surface area contributed by atoms with Crippen molar-refractivity contribution in [2.75, 3.05) is 6.61 Å². The van der Waals surface area contributed by atoms with Gasteiger partial charge >= 0.3 is 0 Å². The summed E-state index contributed by atoms with van der Waals surface area (Å²) in [7, 11) is 0. The highest BCUT2D eigenvalue weighted by Gasteiger charge is 2.21. The van der Waals surface area contributed by atoms with Crippen LogP contribution in [0.1, 0.15) is 44.3 Å². The van der Waals surface area contributed by atoms with E-state index in [-0.39, 0.29) is 0 Å². The topological polar surface area (TPSA) is 60.2 Å². The lowest BCUT2D eigenvalue weighted by Gasteiger charge is -2.29. The molecule has 0 aromatic carbocycles. The second-order valence-electron chi connectivity index (χ2n) is 4.62. The van der Waals surface area contributed by atoms with Gasteiger partial charge in [-0.25, -0.2) is 0 Å². The summed E-state index contributed by atoms with van der Waals surface area (Å²) >= 11 is 0. The predicted molar refractivity (Wildman–Crippen MR) is 63.5 cm³/mol. The zero-order chi connectivity index (χ0) is 12.1. The Morgan fingerprint density at radius 1 is 1.47 bits per heavy atom. The van der Waals surface area contributed by atoms with E-state index in [0.29, 0.717) is 30.4 Å². The molecule has 5 nitrogen and oxygen atoms in total. The van der Waals surface area contributed by atoms with Gasteiger partial charge in [-0.1, -0.05) is 18.5 Å². The molecule has 0 radical (unpaired) electrons. The van der Waals surface area contributed by atoms with Gasteiger partial charge in [-0.3, -0.25) is 0 Å². The number of hydrogen-bond acceptors (Lipinski definition) is 5. The summed E-state index contributed by atoms with van der Waals surface area (Å²) in [4.78, 5) is 4.18. The maximum Gasteiger partial charge on any atom is 0.240 e. The van der Waals surface area contributed by atoms with Crippen LogP contribution in [0, 0.1) is 6.92 Å². The Kier molecular flexibility index (Phi) is 4.50. The molecule has 2 unspecified atom stereocenters. The van der Waals surface area contributed by atoms with Crippen LogP contribution in [0.15, 0.2) is 4.52 Å². The van der Waals surface area contributed by atoms with E-state index in [2.05, 4.69) is 22.4 Å². The van der Waals surface area contributed by atoms with Crippen LogP contribution < -0.4 is 5.32 Å². The maximum atomic E-state index is 5.71. The Hall–Kier alpha value is -0.940. The molecule has 0 amide bonds. The Morgan fingerprint density at radius 2 is 2.35 bits per heavy atom. The molecule has 17 heavy (non-hydrogen) atoms. The second kappa shape index (κ2) is 6.12. The standard InChI is InChI=1S/C12H21N3O2/c1-3-4-11-7-10(5-6-16-11)13-8-12-14-9(2)15-17-12/h10-11,13H,3-8H2,1-2H3. The van der Waals surface area contributed by atoms with E-state index < -0.39 is 0 Å². The number of aromatic nitrogens is 2. The predicted octanol–water partition coefficient (Wildman–Crippen LogP) is 1.82. The van der Waals surface area contributed by atoms with Crippen molar-refractivity contribution >= 4 is 0 Å². The summed E-state index contributed by atoms with van der Waals surface area (Å²) in [6.07, 6.45) is 4.89. The second-order valence-corrected chi connectivity index (χ2v) is 4.62. The molecule has 1 N–H and O–H groups in total. The SMILES string of the molecule is CCCC1CC(NCc2nc(C)no2)CCO1. The number of ether oxygens (including phenoxy) is 1. The fraction of sp³-hybridized carbons (Fsp3) is 0.833. The molecule has 1 fully saturated rings. The van der Waals surface area contributed by atoms with Crippen LogP contribution in [0.4, 0.5) is 0 Å². The Morgan fingerprint density at radius 3 is 3.06 bits per heavy atom.